The highest BCUT2D eigenvalue weighted by Crippen LogP contribution is 2.46. The first-order chi connectivity index (χ1) is 25.0. The van der Waals surface area contributed by atoms with Crippen LogP contribution < -0.4 is 0 Å². The lowest BCUT2D eigenvalue weighted by Gasteiger charge is -2.27. The third kappa shape index (κ3) is 6.75. The van der Waals surface area contributed by atoms with Crippen LogP contribution in [0.1, 0.15) is 162 Å². The van der Waals surface area contributed by atoms with E-state index in [4.69, 9.17) is 0 Å². The maximum atomic E-state index is 3.73. The second kappa shape index (κ2) is 13.8. The maximum absolute atomic E-state index is 3.73. The van der Waals surface area contributed by atoms with Gasteiger partial charge in [-0.1, -0.05) is 152 Å². The first-order valence-corrected chi connectivity index (χ1v) is 20.1. The molecule has 2 fully saturated rings. The summed E-state index contributed by atoms with van der Waals surface area (Å²) in [6.07, 6.45) is 13.0. The normalized spacial score (nSPS) is 16.2. The van der Waals surface area contributed by atoms with Crippen LogP contribution in [-0.2, 0) is 10.8 Å². The molecule has 0 heterocycles. The quantitative estimate of drug-likeness (QED) is 0.126. The van der Waals surface area contributed by atoms with Gasteiger partial charge >= 0.3 is 0 Å². The molecular weight excluding hydrogens is 625 g/mol. The van der Waals surface area contributed by atoms with Gasteiger partial charge < -0.3 is 0 Å². The smallest absolute Gasteiger partial charge is 0.0331 e. The number of benzene rings is 6. The standard InChI is InChI=1S/C52H54/c1-51(2,3)41-25-19-35(20-26-41)17-23-39-33-47(37-13-9-7-10-14-37)45-31-32-46-48(38-15-11-8-12-16-38)34-40(44-30-29-43(39)49(45)50(44)46)24-18-36-21-27-42(28-22-36)52(4,5)6/h19-22,25-34,37-38H,7-16H2,1-6H3. The van der Waals surface area contributed by atoms with Gasteiger partial charge in [-0.3, -0.25) is 0 Å². The molecule has 262 valence electrons. The summed E-state index contributed by atoms with van der Waals surface area (Å²) in [7, 11) is 0. The Hall–Kier alpha value is -4.52. The number of rotatable bonds is 2. The molecule has 6 aromatic rings. The lowest BCUT2D eigenvalue weighted by Crippen LogP contribution is -2.10. The minimum Gasteiger partial charge on any atom is -0.0616 e. The minimum atomic E-state index is 0.128. The fourth-order valence-electron chi connectivity index (χ4n) is 9.14. The zero-order chi connectivity index (χ0) is 36.0. The average Bonchev–Trinajstić information content (AvgIpc) is 3.15. The molecule has 0 unspecified atom stereocenters. The third-order valence-electron chi connectivity index (χ3n) is 12.2. The van der Waals surface area contributed by atoms with Crippen LogP contribution in [0.5, 0.6) is 0 Å². The van der Waals surface area contributed by atoms with E-state index in [1.807, 2.05) is 0 Å². The molecular formula is C52H54. The molecule has 2 saturated carbocycles. The topological polar surface area (TPSA) is 0 Å². The van der Waals surface area contributed by atoms with Crippen LogP contribution in [0.15, 0.2) is 84.9 Å². The Kier molecular flexibility index (Phi) is 9.17. The van der Waals surface area contributed by atoms with Crippen LogP contribution in [0, 0.1) is 23.7 Å². The van der Waals surface area contributed by atoms with Crippen molar-refractivity contribution in [1.29, 1.82) is 0 Å². The minimum absolute atomic E-state index is 0.128. The molecule has 2 aliphatic rings. The largest absolute Gasteiger partial charge is 0.0616 e. The van der Waals surface area contributed by atoms with Gasteiger partial charge in [-0.15, -0.1) is 0 Å². The van der Waals surface area contributed by atoms with Crippen molar-refractivity contribution >= 4 is 32.3 Å². The molecule has 0 aliphatic heterocycles. The summed E-state index contributed by atoms with van der Waals surface area (Å²) in [5.41, 5.74) is 10.4. The lowest BCUT2D eigenvalue weighted by molar-refractivity contribution is 0.445. The van der Waals surface area contributed by atoms with Gasteiger partial charge in [-0.2, -0.15) is 0 Å². The van der Waals surface area contributed by atoms with E-state index >= 15 is 0 Å². The Morgan fingerprint density at radius 1 is 0.404 bits per heavy atom. The fraction of sp³-hybridized carbons (Fsp3) is 0.385. The first-order valence-electron chi connectivity index (χ1n) is 20.1. The van der Waals surface area contributed by atoms with Gasteiger partial charge in [0.15, 0.2) is 0 Å². The molecule has 0 radical (unpaired) electrons. The maximum Gasteiger partial charge on any atom is 0.0331 e. The Morgan fingerprint density at radius 3 is 1.10 bits per heavy atom. The highest BCUT2D eigenvalue weighted by molar-refractivity contribution is 6.26. The second-order valence-corrected chi connectivity index (χ2v) is 17.9. The van der Waals surface area contributed by atoms with Gasteiger partial charge in [0.25, 0.3) is 0 Å². The summed E-state index contributed by atoms with van der Waals surface area (Å²) < 4.78 is 0. The van der Waals surface area contributed by atoms with Crippen molar-refractivity contribution in [3.63, 3.8) is 0 Å². The van der Waals surface area contributed by atoms with Crippen LogP contribution in [0.25, 0.3) is 32.3 Å². The molecule has 2 aliphatic carbocycles. The predicted molar refractivity (Wildman–Crippen MR) is 224 cm³/mol. The first kappa shape index (κ1) is 34.6. The summed E-state index contributed by atoms with van der Waals surface area (Å²) in [5, 5.41) is 8.23. The van der Waals surface area contributed by atoms with E-state index < -0.39 is 0 Å². The van der Waals surface area contributed by atoms with Gasteiger partial charge in [-0.05, 0) is 139 Å². The monoisotopic (exact) mass is 678 g/mol. The van der Waals surface area contributed by atoms with E-state index in [1.54, 1.807) is 0 Å². The van der Waals surface area contributed by atoms with Crippen molar-refractivity contribution in [2.45, 2.75) is 128 Å². The average molecular weight is 679 g/mol. The molecule has 0 heteroatoms. The van der Waals surface area contributed by atoms with Crippen molar-refractivity contribution in [3.05, 3.63) is 129 Å². The van der Waals surface area contributed by atoms with E-state index in [1.165, 1.54) is 119 Å². The van der Waals surface area contributed by atoms with Crippen LogP contribution in [-0.4, -0.2) is 0 Å². The van der Waals surface area contributed by atoms with E-state index in [9.17, 15) is 0 Å². The fourth-order valence-corrected chi connectivity index (χ4v) is 9.14. The lowest BCUT2D eigenvalue weighted by atomic mass is 9.77. The van der Waals surface area contributed by atoms with Crippen LogP contribution in [0.2, 0.25) is 0 Å². The van der Waals surface area contributed by atoms with Crippen LogP contribution in [0.3, 0.4) is 0 Å². The van der Waals surface area contributed by atoms with Crippen molar-refractivity contribution < 1.29 is 0 Å². The summed E-state index contributed by atoms with van der Waals surface area (Å²) >= 11 is 0. The highest BCUT2D eigenvalue weighted by Gasteiger charge is 2.25. The van der Waals surface area contributed by atoms with Gasteiger partial charge in [0, 0.05) is 22.3 Å². The molecule has 0 N–H and O–H groups in total. The van der Waals surface area contributed by atoms with Gasteiger partial charge in [0.2, 0.25) is 0 Å². The molecule has 0 spiro atoms. The molecule has 0 atom stereocenters. The SMILES string of the molecule is CC(C)(C)c1ccc(C#Cc2cc(C3CCCCC3)c3ccc4c(C5CCCCC5)cc(C#Cc5ccc(C(C)(C)C)cc5)c5ccc2c3c54)cc1. The van der Waals surface area contributed by atoms with Crippen LogP contribution in [0.4, 0.5) is 0 Å². The van der Waals surface area contributed by atoms with E-state index in [-0.39, 0.29) is 10.8 Å². The summed E-state index contributed by atoms with van der Waals surface area (Å²) in [4.78, 5) is 0. The summed E-state index contributed by atoms with van der Waals surface area (Å²) in [5.74, 6) is 15.8. The molecule has 0 nitrogen and oxygen atoms in total. The predicted octanol–water partition coefficient (Wildman–Crippen LogP) is 14.1. The number of hydrogen-bond acceptors (Lipinski definition) is 0. The van der Waals surface area contributed by atoms with Crippen molar-refractivity contribution in [2.24, 2.45) is 0 Å². The van der Waals surface area contributed by atoms with Crippen molar-refractivity contribution in [1.82, 2.24) is 0 Å². The molecule has 6 aromatic carbocycles. The Bertz CT molecular complexity index is 2180. The molecule has 0 bridgehead atoms. The van der Waals surface area contributed by atoms with Gasteiger partial charge in [0.1, 0.15) is 0 Å². The zero-order valence-electron chi connectivity index (χ0n) is 32.3. The Balaban J connectivity index is 1.35. The van der Waals surface area contributed by atoms with Crippen molar-refractivity contribution in [2.75, 3.05) is 0 Å². The molecule has 52 heavy (non-hydrogen) atoms. The van der Waals surface area contributed by atoms with Crippen molar-refractivity contribution in [3.8, 4) is 23.7 Å². The van der Waals surface area contributed by atoms with Gasteiger partial charge in [0.05, 0.1) is 0 Å². The van der Waals surface area contributed by atoms with E-state index in [2.05, 4.69) is 150 Å². The van der Waals surface area contributed by atoms with Gasteiger partial charge in [-0.25, -0.2) is 0 Å². The second-order valence-electron chi connectivity index (χ2n) is 17.9. The highest BCUT2D eigenvalue weighted by atomic mass is 14.3. The van der Waals surface area contributed by atoms with Crippen LogP contribution >= 0.6 is 0 Å². The summed E-state index contributed by atoms with van der Waals surface area (Å²) in [6, 6.07) is 32.4. The number of hydrogen-bond donors (Lipinski definition) is 0. The Labute approximate surface area is 312 Å². The zero-order valence-corrected chi connectivity index (χ0v) is 32.3. The third-order valence-corrected chi connectivity index (χ3v) is 12.2. The van der Waals surface area contributed by atoms with E-state index in [0.717, 1.165) is 22.3 Å². The molecule has 0 aromatic heterocycles. The molecule has 8 rings (SSSR count). The molecule has 0 amide bonds. The summed E-state index contributed by atoms with van der Waals surface area (Å²) in [6.45, 7) is 13.6. The molecule has 0 saturated heterocycles. The Morgan fingerprint density at radius 2 is 0.750 bits per heavy atom. The van der Waals surface area contributed by atoms with E-state index in [0.29, 0.717) is 11.8 Å².